The molecule has 1 aliphatic heterocycles. The molecule has 1 unspecified atom stereocenters. The van der Waals surface area contributed by atoms with E-state index >= 15 is 0 Å². The Balaban J connectivity index is 1.93. The monoisotopic (exact) mass is 278 g/mol. The van der Waals surface area contributed by atoms with Crippen LogP contribution >= 0.6 is 0 Å². The number of hydrogen-bond donors (Lipinski definition) is 1. The fourth-order valence-electron chi connectivity index (χ4n) is 2.44. The van der Waals surface area contributed by atoms with Crippen molar-refractivity contribution in [1.29, 1.82) is 0 Å². The fourth-order valence-corrected chi connectivity index (χ4v) is 2.44. The van der Waals surface area contributed by atoms with E-state index in [0.717, 1.165) is 19.7 Å². The molecule has 1 aliphatic rings. The summed E-state index contributed by atoms with van der Waals surface area (Å²) >= 11 is 0. The molecule has 0 aromatic carbocycles. The molecule has 108 valence electrons. The van der Waals surface area contributed by atoms with Crippen molar-refractivity contribution in [3.8, 4) is 5.88 Å². The molecule has 1 atom stereocenters. The second-order valence-corrected chi connectivity index (χ2v) is 4.89. The van der Waals surface area contributed by atoms with Crippen LogP contribution in [0.15, 0.2) is 6.33 Å². The number of nitrogens with two attached hydrogens (primary N) is 1. The van der Waals surface area contributed by atoms with Crippen LogP contribution in [0.1, 0.15) is 0 Å². The summed E-state index contributed by atoms with van der Waals surface area (Å²) in [7, 11) is 3.63. The fraction of sp³-hybridized carbons (Fsp3) is 0.583. The van der Waals surface area contributed by atoms with Crippen molar-refractivity contribution in [3.05, 3.63) is 6.33 Å². The predicted octanol–water partition coefficient (Wildman–Crippen LogP) is -0.252. The van der Waals surface area contributed by atoms with Gasteiger partial charge in [0.05, 0.1) is 26.4 Å². The maximum Gasteiger partial charge on any atom is 0.245 e. The van der Waals surface area contributed by atoms with Crippen molar-refractivity contribution < 1.29 is 9.47 Å². The number of anilines is 1. The zero-order chi connectivity index (χ0) is 14.1. The molecule has 20 heavy (non-hydrogen) atoms. The van der Waals surface area contributed by atoms with E-state index in [0.29, 0.717) is 29.5 Å². The number of hydrogen-bond acceptors (Lipinski definition) is 7. The predicted molar refractivity (Wildman–Crippen MR) is 73.5 cm³/mol. The van der Waals surface area contributed by atoms with Crippen molar-refractivity contribution in [3.63, 3.8) is 0 Å². The Morgan fingerprint density at radius 1 is 1.50 bits per heavy atom. The van der Waals surface area contributed by atoms with Gasteiger partial charge in [0, 0.05) is 13.1 Å². The number of likely N-dealkylation sites (N-methyl/N-ethyl adjacent to an activating group) is 1. The number of ether oxygens (including phenoxy) is 2. The van der Waals surface area contributed by atoms with Crippen LogP contribution in [0.5, 0.6) is 5.88 Å². The van der Waals surface area contributed by atoms with Crippen LogP contribution in [0.3, 0.4) is 0 Å². The Morgan fingerprint density at radius 2 is 2.35 bits per heavy atom. The van der Waals surface area contributed by atoms with Crippen molar-refractivity contribution in [2.24, 2.45) is 0 Å². The van der Waals surface area contributed by atoms with Gasteiger partial charge in [-0.3, -0.25) is 4.57 Å². The summed E-state index contributed by atoms with van der Waals surface area (Å²) in [5, 5.41) is 0. The van der Waals surface area contributed by atoms with Crippen LogP contribution in [-0.2, 0) is 11.3 Å². The van der Waals surface area contributed by atoms with Crippen LogP contribution in [0, 0.1) is 0 Å². The van der Waals surface area contributed by atoms with Crippen LogP contribution in [0.4, 0.5) is 5.95 Å². The Labute approximate surface area is 116 Å². The molecular formula is C12H18N6O2. The molecule has 2 N–H and O–H groups in total. The standard InChI is InChI=1S/C12H18N6O2/c1-17-3-4-20-8(5-17)6-18-10-9(16-12(18)13)11(19-2)15-7-14-10/h7-8H,3-6H2,1-2H3,(H2,13,16). The Hall–Kier alpha value is -1.93. The van der Waals surface area contributed by atoms with Gasteiger partial charge in [-0.15, -0.1) is 0 Å². The largest absolute Gasteiger partial charge is 0.479 e. The minimum atomic E-state index is 0.0782. The van der Waals surface area contributed by atoms with Gasteiger partial charge in [-0.1, -0.05) is 0 Å². The molecule has 3 heterocycles. The normalized spacial score (nSPS) is 20.4. The van der Waals surface area contributed by atoms with Gasteiger partial charge in [-0.2, -0.15) is 4.98 Å². The number of methoxy groups -OCH3 is 1. The van der Waals surface area contributed by atoms with E-state index in [-0.39, 0.29) is 6.10 Å². The van der Waals surface area contributed by atoms with Crippen molar-refractivity contribution in [2.75, 3.05) is 39.6 Å². The zero-order valence-corrected chi connectivity index (χ0v) is 11.6. The first-order chi connectivity index (χ1) is 9.69. The Bertz CT molecular complexity index is 613. The maximum absolute atomic E-state index is 5.99. The third kappa shape index (κ3) is 2.27. The van der Waals surface area contributed by atoms with Gasteiger partial charge >= 0.3 is 0 Å². The van der Waals surface area contributed by atoms with Gasteiger partial charge < -0.3 is 20.1 Å². The number of fused-ring (bicyclic) bond motifs is 1. The number of aromatic nitrogens is 4. The second-order valence-electron chi connectivity index (χ2n) is 4.89. The summed E-state index contributed by atoms with van der Waals surface area (Å²) in [6.45, 7) is 3.16. The third-order valence-electron chi connectivity index (χ3n) is 3.45. The molecule has 3 rings (SSSR count). The summed E-state index contributed by atoms with van der Waals surface area (Å²) < 4.78 is 12.8. The van der Waals surface area contributed by atoms with E-state index in [1.165, 1.54) is 6.33 Å². The smallest absolute Gasteiger partial charge is 0.245 e. The highest BCUT2D eigenvalue weighted by molar-refractivity contribution is 5.78. The molecule has 0 saturated carbocycles. The number of nitrogen functional groups attached to an aromatic ring is 1. The Morgan fingerprint density at radius 3 is 3.10 bits per heavy atom. The summed E-state index contributed by atoms with van der Waals surface area (Å²) in [4.78, 5) is 14.8. The first-order valence-corrected chi connectivity index (χ1v) is 6.50. The molecule has 0 radical (unpaired) electrons. The van der Waals surface area contributed by atoms with E-state index in [1.54, 1.807) is 7.11 Å². The van der Waals surface area contributed by atoms with Crippen LogP contribution in [-0.4, -0.2) is 64.4 Å². The highest BCUT2D eigenvalue weighted by atomic mass is 16.5. The quantitative estimate of drug-likeness (QED) is 0.827. The average molecular weight is 278 g/mol. The molecule has 8 nitrogen and oxygen atoms in total. The molecule has 2 aromatic heterocycles. The first-order valence-electron chi connectivity index (χ1n) is 6.50. The number of nitrogens with zero attached hydrogens (tertiary/aromatic N) is 5. The van der Waals surface area contributed by atoms with Crippen molar-refractivity contribution in [2.45, 2.75) is 12.6 Å². The van der Waals surface area contributed by atoms with E-state index in [2.05, 4.69) is 26.9 Å². The lowest BCUT2D eigenvalue weighted by molar-refractivity contribution is -0.0267. The van der Waals surface area contributed by atoms with Gasteiger partial charge in [-0.25, -0.2) is 9.97 Å². The lowest BCUT2D eigenvalue weighted by Crippen LogP contribution is -2.42. The van der Waals surface area contributed by atoms with E-state index < -0.39 is 0 Å². The summed E-state index contributed by atoms with van der Waals surface area (Å²) in [5.41, 5.74) is 7.24. The molecule has 0 aliphatic carbocycles. The van der Waals surface area contributed by atoms with E-state index in [4.69, 9.17) is 15.2 Å². The topological polar surface area (TPSA) is 91.3 Å². The van der Waals surface area contributed by atoms with E-state index in [1.807, 2.05) is 4.57 Å². The molecule has 0 amide bonds. The SMILES string of the molecule is COc1ncnc2c1nc(N)n2CC1CN(C)CCO1. The summed E-state index contributed by atoms with van der Waals surface area (Å²) in [6.07, 6.45) is 1.53. The molecular weight excluding hydrogens is 260 g/mol. The first kappa shape index (κ1) is 13.1. The van der Waals surface area contributed by atoms with Gasteiger partial charge in [0.1, 0.15) is 6.33 Å². The van der Waals surface area contributed by atoms with Crippen LogP contribution in [0.25, 0.3) is 11.2 Å². The molecule has 8 heteroatoms. The van der Waals surface area contributed by atoms with Crippen molar-refractivity contribution >= 4 is 17.1 Å². The zero-order valence-electron chi connectivity index (χ0n) is 11.6. The summed E-state index contributed by atoms with van der Waals surface area (Å²) in [5.74, 6) is 0.831. The number of rotatable bonds is 3. The molecule has 0 spiro atoms. The maximum atomic E-state index is 5.99. The van der Waals surface area contributed by atoms with E-state index in [9.17, 15) is 0 Å². The molecule has 2 aromatic rings. The minimum Gasteiger partial charge on any atom is -0.479 e. The summed E-state index contributed by atoms with van der Waals surface area (Å²) in [6, 6.07) is 0. The highest BCUT2D eigenvalue weighted by Crippen LogP contribution is 2.23. The lowest BCUT2D eigenvalue weighted by atomic mass is 10.3. The minimum absolute atomic E-state index is 0.0782. The molecule has 0 bridgehead atoms. The second kappa shape index (κ2) is 5.22. The van der Waals surface area contributed by atoms with Gasteiger partial charge in [0.2, 0.25) is 11.8 Å². The average Bonchev–Trinajstić information content (AvgIpc) is 2.75. The van der Waals surface area contributed by atoms with Crippen molar-refractivity contribution in [1.82, 2.24) is 24.4 Å². The Kier molecular flexibility index (Phi) is 3.41. The lowest BCUT2D eigenvalue weighted by Gasteiger charge is -2.30. The van der Waals surface area contributed by atoms with Gasteiger partial charge in [0.25, 0.3) is 0 Å². The van der Waals surface area contributed by atoms with Gasteiger partial charge in [0.15, 0.2) is 11.2 Å². The van der Waals surface area contributed by atoms with Crippen LogP contribution in [0.2, 0.25) is 0 Å². The van der Waals surface area contributed by atoms with Crippen LogP contribution < -0.4 is 10.5 Å². The third-order valence-corrected chi connectivity index (χ3v) is 3.45. The molecule has 1 saturated heterocycles. The molecule has 1 fully saturated rings. The number of morpholine rings is 1. The highest BCUT2D eigenvalue weighted by Gasteiger charge is 2.22. The number of imidazole rings is 1. The van der Waals surface area contributed by atoms with Gasteiger partial charge in [-0.05, 0) is 7.05 Å².